The summed E-state index contributed by atoms with van der Waals surface area (Å²) in [4.78, 5) is 13.3. The lowest BCUT2D eigenvalue weighted by molar-refractivity contribution is -0.154. The van der Waals surface area contributed by atoms with E-state index in [1.807, 2.05) is 11.8 Å². The van der Waals surface area contributed by atoms with Gasteiger partial charge in [0.1, 0.15) is 5.54 Å². The molecule has 1 aliphatic rings. The Balaban J connectivity index is 2.46. The second-order valence-electron chi connectivity index (χ2n) is 5.74. The normalized spacial score (nSPS) is 27.2. The molecule has 2 N–H and O–H groups in total. The van der Waals surface area contributed by atoms with Crippen LogP contribution in [0.1, 0.15) is 33.1 Å². The molecule has 0 amide bonds. The van der Waals surface area contributed by atoms with E-state index in [2.05, 4.69) is 0 Å². The first-order chi connectivity index (χ1) is 9.40. The average molecular weight is 289 g/mol. The molecule has 1 heterocycles. The first-order valence-electron chi connectivity index (χ1n) is 7.17. The van der Waals surface area contributed by atoms with Gasteiger partial charge in [-0.1, -0.05) is 0 Å². The Kier molecular flexibility index (Phi) is 6.88. The van der Waals surface area contributed by atoms with E-state index >= 15 is 0 Å². The van der Waals surface area contributed by atoms with Gasteiger partial charge in [-0.15, -0.1) is 0 Å². The van der Waals surface area contributed by atoms with Crippen LogP contribution in [0.3, 0.4) is 0 Å². The van der Waals surface area contributed by atoms with E-state index in [9.17, 15) is 15.0 Å². The number of nitrogens with zero attached hydrogens (tertiary/aromatic N) is 1. The molecule has 0 aromatic carbocycles. The van der Waals surface area contributed by atoms with Crippen LogP contribution in [0.2, 0.25) is 0 Å². The van der Waals surface area contributed by atoms with E-state index in [0.717, 1.165) is 12.8 Å². The Morgan fingerprint density at radius 3 is 2.70 bits per heavy atom. The van der Waals surface area contributed by atoms with Crippen molar-refractivity contribution in [2.75, 3.05) is 33.4 Å². The number of carboxylic acids is 1. The fraction of sp³-hybridized carbons (Fsp3) is 0.929. The molecule has 3 atom stereocenters. The Labute approximate surface area is 120 Å². The summed E-state index contributed by atoms with van der Waals surface area (Å²) in [5, 5.41) is 19.4. The summed E-state index contributed by atoms with van der Waals surface area (Å²) in [7, 11) is 1.60. The fourth-order valence-electron chi connectivity index (χ4n) is 2.58. The molecule has 0 saturated carbocycles. The van der Waals surface area contributed by atoms with E-state index < -0.39 is 17.6 Å². The number of rotatable bonds is 8. The topological polar surface area (TPSA) is 79.2 Å². The van der Waals surface area contributed by atoms with Crippen molar-refractivity contribution in [3.63, 3.8) is 0 Å². The van der Waals surface area contributed by atoms with Gasteiger partial charge in [0, 0.05) is 13.7 Å². The summed E-state index contributed by atoms with van der Waals surface area (Å²) in [6, 6.07) is 0. The molecule has 0 spiro atoms. The van der Waals surface area contributed by atoms with Crippen molar-refractivity contribution in [2.24, 2.45) is 0 Å². The second kappa shape index (κ2) is 7.93. The van der Waals surface area contributed by atoms with E-state index in [4.69, 9.17) is 9.47 Å². The predicted octanol–water partition coefficient (Wildman–Crippen LogP) is 0.728. The van der Waals surface area contributed by atoms with E-state index in [-0.39, 0.29) is 12.7 Å². The molecule has 6 heteroatoms. The number of carbonyl (C=O) groups is 1. The highest BCUT2D eigenvalue weighted by atomic mass is 16.5. The summed E-state index contributed by atoms with van der Waals surface area (Å²) in [5.41, 5.74) is -0.878. The summed E-state index contributed by atoms with van der Waals surface area (Å²) in [6.07, 6.45) is 1.73. The molecule has 118 valence electrons. The SMILES string of the molecule is COCC(C)OCC(O)CN1CCCCC1(C)C(=O)O. The maximum atomic E-state index is 11.4. The van der Waals surface area contributed by atoms with Crippen molar-refractivity contribution in [1.29, 1.82) is 0 Å². The number of aliphatic carboxylic acids is 1. The van der Waals surface area contributed by atoms with Crippen LogP contribution in [0, 0.1) is 0 Å². The monoisotopic (exact) mass is 289 g/mol. The van der Waals surface area contributed by atoms with Gasteiger partial charge in [-0.3, -0.25) is 9.69 Å². The minimum atomic E-state index is -0.878. The third kappa shape index (κ3) is 4.70. The van der Waals surface area contributed by atoms with Crippen LogP contribution < -0.4 is 0 Å². The Hall–Kier alpha value is -0.690. The molecule has 1 aliphatic heterocycles. The lowest BCUT2D eigenvalue weighted by Crippen LogP contribution is -2.57. The van der Waals surface area contributed by atoms with Crippen molar-refractivity contribution in [3.8, 4) is 0 Å². The van der Waals surface area contributed by atoms with Crippen molar-refractivity contribution >= 4 is 5.97 Å². The molecular weight excluding hydrogens is 262 g/mol. The summed E-state index contributed by atoms with van der Waals surface area (Å²) in [6.45, 7) is 5.30. The third-order valence-corrected chi connectivity index (χ3v) is 3.91. The summed E-state index contributed by atoms with van der Waals surface area (Å²) < 4.78 is 10.4. The highest BCUT2D eigenvalue weighted by Crippen LogP contribution is 2.28. The van der Waals surface area contributed by atoms with Crippen LogP contribution in [-0.2, 0) is 14.3 Å². The lowest BCUT2D eigenvalue weighted by Gasteiger charge is -2.42. The van der Waals surface area contributed by atoms with E-state index in [1.54, 1.807) is 14.0 Å². The molecule has 1 rings (SSSR count). The fourth-order valence-corrected chi connectivity index (χ4v) is 2.58. The first-order valence-corrected chi connectivity index (χ1v) is 7.17. The molecule has 1 saturated heterocycles. The van der Waals surface area contributed by atoms with Gasteiger partial charge in [0.05, 0.1) is 25.4 Å². The number of hydrogen-bond donors (Lipinski definition) is 2. The maximum Gasteiger partial charge on any atom is 0.323 e. The molecule has 0 aromatic rings. The number of likely N-dealkylation sites (tertiary alicyclic amines) is 1. The zero-order valence-corrected chi connectivity index (χ0v) is 12.7. The zero-order valence-electron chi connectivity index (χ0n) is 12.7. The van der Waals surface area contributed by atoms with Crippen molar-refractivity contribution < 1.29 is 24.5 Å². The number of methoxy groups -OCH3 is 1. The quantitative estimate of drug-likeness (QED) is 0.686. The number of aliphatic hydroxyl groups excluding tert-OH is 1. The maximum absolute atomic E-state index is 11.4. The second-order valence-corrected chi connectivity index (χ2v) is 5.74. The van der Waals surface area contributed by atoms with Gasteiger partial charge in [-0.05, 0) is 39.7 Å². The minimum absolute atomic E-state index is 0.0816. The molecule has 6 nitrogen and oxygen atoms in total. The lowest BCUT2D eigenvalue weighted by atomic mass is 9.88. The summed E-state index contributed by atoms with van der Waals surface area (Å²) >= 11 is 0. The first kappa shape index (κ1) is 17.4. The summed E-state index contributed by atoms with van der Waals surface area (Å²) in [5.74, 6) is -0.821. The van der Waals surface area contributed by atoms with Gasteiger partial charge in [-0.2, -0.15) is 0 Å². The molecule has 0 aromatic heterocycles. The zero-order chi connectivity index (χ0) is 15.2. The number of carboxylic acid groups (broad SMARTS) is 1. The Morgan fingerprint density at radius 1 is 1.40 bits per heavy atom. The van der Waals surface area contributed by atoms with Gasteiger partial charge in [-0.25, -0.2) is 0 Å². The van der Waals surface area contributed by atoms with Crippen LogP contribution in [0.4, 0.5) is 0 Å². The highest BCUT2D eigenvalue weighted by Gasteiger charge is 2.41. The van der Waals surface area contributed by atoms with Crippen LogP contribution in [0.5, 0.6) is 0 Å². The molecule has 20 heavy (non-hydrogen) atoms. The Morgan fingerprint density at radius 2 is 2.10 bits per heavy atom. The van der Waals surface area contributed by atoms with Gasteiger partial charge < -0.3 is 19.7 Å². The minimum Gasteiger partial charge on any atom is -0.480 e. The molecular formula is C14H27NO5. The van der Waals surface area contributed by atoms with Crippen LogP contribution in [0.25, 0.3) is 0 Å². The van der Waals surface area contributed by atoms with Gasteiger partial charge >= 0.3 is 5.97 Å². The number of β-amino-alcohol motifs (C(OH)–C–C–N with tert-alkyl or cyclic N) is 1. The predicted molar refractivity (Wildman–Crippen MR) is 74.8 cm³/mol. The van der Waals surface area contributed by atoms with E-state index in [0.29, 0.717) is 26.1 Å². The molecule has 0 aliphatic carbocycles. The van der Waals surface area contributed by atoms with Crippen LogP contribution in [0.15, 0.2) is 0 Å². The van der Waals surface area contributed by atoms with Gasteiger partial charge in [0.25, 0.3) is 0 Å². The smallest absolute Gasteiger partial charge is 0.323 e. The largest absolute Gasteiger partial charge is 0.480 e. The highest BCUT2D eigenvalue weighted by molar-refractivity contribution is 5.78. The number of aliphatic hydroxyl groups is 1. The van der Waals surface area contributed by atoms with Crippen LogP contribution in [-0.4, -0.2) is 72.2 Å². The number of ether oxygens (including phenoxy) is 2. The average Bonchev–Trinajstić information content (AvgIpc) is 2.39. The molecule has 3 unspecified atom stereocenters. The van der Waals surface area contributed by atoms with E-state index in [1.165, 1.54) is 0 Å². The molecule has 1 fully saturated rings. The standard InChI is InChI=1S/C14H27NO5/c1-11(9-19-3)20-10-12(16)8-15-7-5-4-6-14(15,2)13(17)18/h11-12,16H,4-10H2,1-3H3,(H,17,18). The number of hydrogen-bond acceptors (Lipinski definition) is 5. The van der Waals surface area contributed by atoms with Crippen molar-refractivity contribution in [3.05, 3.63) is 0 Å². The van der Waals surface area contributed by atoms with Gasteiger partial charge in [0.2, 0.25) is 0 Å². The third-order valence-electron chi connectivity index (χ3n) is 3.91. The molecule has 0 radical (unpaired) electrons. The Bertz CT molecular complexity index is 312. The van der Waals surface area contributed by atoms with Crippen molar-refractivity contribution in [1.82, 2.24) is 4.90 Å². The van der Waals surface area contributed by atoms with Crippen molar-refractivity contribution in [2.45, 2.75) is 50.9 Å². The van der Waals surface area contributed by atoms with Crippen LogP contribution >= 0.6 is 0 Å². The number of piperidine rings is 1. The van der Waals surface area contributed by atoms with Gasteiger partial charge in [0.15, 0.2) is 0 Å². The molecule has 0 bridgehead atoms.